The minimum Gasteiger partial charge on any atom is -0.319 e. The van der Waals surface area contributed by atoms with E-state index in [0.29, 0.717) is 12.0 Å². The van der Waals surface area contributed by atoms with Crippen molar-refractivity contribution in [2.24, 2.45) is 5.92 Å². The molecule has 20 heavy (non-hydrogen) atoms. The van der Waals surface area contributed by atoms with Gasteiger partial charge in [-0.15, -0.1) is 0 Å². The molecule has 1 N–H and O–H groups in total. The maximum Gasteiger partial charge on any atom is 0.128 e. The first kappa shape index (κ1) is 14.5. The molecule has 110 valence electrons. The van der Waals surface area contributed by atoms with E-state index in [4.69, 9.17) is 0 Å². The van der Waals surface area contributed by atoms with E-state index in [1.165, 1.54) is 25.7 Å². The van der Waals surface area contributed by atoms with Gasteiger partial charge >= 0.3 is 0 Å². The van der Waals surface area contributed by atoms with Crippen LogP contribution in [0.1, 0.15) is 37.3 Å². The number of hydrogen-bond acceptors (Lipinski definition) is 2. The molecule has 0 aromatic heterocycles. The van der Waals surface area contributed by atoms with Gasteiger partial charge in [0.2, 0.25) is 0 Å². The second-order valence-corrected chi connectivity index (χ2v) is 6.96. The van der Waals surface area contributed by atoms with Gasteiger partial charge in [0.1, 0.15) is 5.82 Å². The lowest BCUT2D eigenvalue weighted by molar-refractivity contribution is 0.0819. The minimum absolute atomic E-state index is 0.0631. The Labute approximate surface area is 128 Å². The molecule has 2 nitrogen and oxygen atoms in total. The molecule has 1 saturated carbocycles. The Morgan fingerprint density at radius 1 is 1.35 bits per heavy atom. The van der Waals surface area contributed by atoms with Crippen LogP contribution >= 0.6 is 15.9 Å². The first-order valence-electron chi connectivity index (χ1n) is 7.56. The van der Waals surface area contributed by atoms with Gasteiger partial charge in [-0.25, -0.2) is 4.39 Å². The normalized spacial score (nSPS) is 27.8. The van der Waals surface area contributed by atoms with Crippen LogP contribution in [0.25, 0.3) is 0 Å². The molecule has 1 aliphatic heterocycles. The van der Waals surface area contributed by atoms with Crippen LogP contribution in [0, 0.1) is 11.7 Å². The van der Waals surface area contributed by atoms with Crippen LogP contribution in [0.4, 0.5) is 4.39 Å². The highest BCUT2D eigenvalue weighted by Crippen LogP contribution is 2.43. The van der Waals surface area contributed by atoms with Crippen LogP contribution in [-0.4, -0.2) is 31.1 Å². The minimum atomic E-state index is -0.0631. The first-order valence-corrected chi connectivity index (χ1v) is 8.35. The van der Waals surface area contributed by atoms with Gasteiger partial charge in [0, 0.05) is 22.1 Å². The summed E-state index contributed by atoms with van der Waals surface area (Å²) >= 11 is 3.49. The monoisotopic (exact) mass is 340 g/mol. The molecular weight excluding hydrogens is 319 g/mol. The van der Waals surface area contributed by atoms with Gasteiger partial charge in [-0.05, 0) is 69.9 Å². The summed E-state index contributed by atoms with van der Waals surface area (Å²) in [7, 11) is 1.99. The van der Waals surface area contributed by atoms with Gasteiger partial charge in [-0.2, -0.15) is 0 Å². The van der Waals surface area contributed by atoms with Crippen LogP contribution in [0.3, 0.4) is 0 Å². The quantitative estimate of drug-likeness (QED) is 0.898. The Morgan fingerprint density at radius 2 is 2.15 bits per heavy atom. The van der Waals surface area contributed by atoms with E-state index in [1.807, 2.05) is 13.1 Å². The predicted molar refractivity (Wildman–Crippen MR) is 83.2 cm³/mol. The highest BCUT2D eigenvalue weighted by atomic mass is 79.9. The Bertz CT molecular complexity index is 474. The van der Waals surface area contributed by atoms with Crippen molar-refractivity contribution >= 4 is 15.9 Å². The average molecular weight is 341 g/mol. The number of piperidine rings is 1. The van der Waals surface area contributed by atoms with Gasteiger partial charge in [-0.1, -0.05) is 15.9 Å². The number of benzene rings is 1. The van der Waals surface area contributed by atoms with Crippen LogP contribution in [0.5, 0.6) is 0 Å². The SMILES string of the molecule is CNCC1CCCN(C2CC2)C1c1cc(Br)ccc1F. The zero-order valence-electron chi connectivity index (χ0n) is 11.9. The van der Waals surface area contributed by atoms with Crippen molar-refractivity contribution in [3.05, 3.63) is 34.1 Å². The van der Waals surface area contributed by atoms with Gasteiger partial charge in [0.05, 0.1) is 0 Å². The van der Waals surface area contributed by atoms with Crippen LogP contribution in [-0.2, 0) is 0 Å². The molecule has 0 amide bonds. The van der Waals surface area contributed by atoms with E-state index in [1.54, 1.807) is 12.1 Å². The predicted octanol–water partition coefficient (Wildman–Crippen LogP) is 3.72. The van der Waals surface area contributed by atoms with E-state index in [9.17, 15) is 4.39 Å². The largest absolute Gasteiger partial charge is 0.319 e. The fourth-order valence-electron chi connectivity index (χ4n) is 3.57. The third-order valence-electron chi connectivity index (χ3n) is 4.55. The average Bonchev–Trinajstić information content (AvgIpc) is 3.26. The Balaban J connectivity index is 1.95. The summed E-state index contributed by atoms with van der Waals surface area (Å²) in [5, 5.41) is 3.29. The molecule has 1 aromatic rings. The molecule has 3 rings (SSSR count). The number of rotatable bonds is 4. The summed E-state index contributed by atoms with van der Waals surface area (Å²) < 4.78 is 15.3. The summed E-state index contributed by atoms with van der Waals surface area (Å²) in [4.78, 5) is 2.55. The Kier molecular flexibility index (Phi) is 4.43. The molecule has 2 aliphatic rings. The summed E-state index contributed by atoms with van der Waals surface area (Å²) in [5.74, 6) is 0.435. The molecule has 4 heteroatoms. The smallest absolute Gasteiger partial charge is 0.128 e. The van der Waals surface area contributed by atoms with Crippen molar-refractivity contribution in [1.82, 2.24) is 10.2 Å². The number of nitrogens with one attached hydrogen (secondary N) is 1. The molecule has 0 bridgehead atoms. The zero-order valence-corrected chi connectivity index (χ0v) is 13.5. The molecule has 2 fully saturated rings. The topological polar surface area (TPSA) is 15.3 Å². The fourth-order valence-corrected chi connectivity index (χ4v) is 3.95. The lowest BCUT2D eigenvalue weighted by atomic mass is 9.84. The number of likely N-dealkylation sites (tertiary alicyclic amines) is 1. The van der Waals surface area contributed by atoms with Crippen molar-refractivity contribution in [3.63, 3.8) is 0 Å². The lowest BCUT2D eigenvalue weighted by Gasteiger charge is -2.42. The third-order valence-corrected chi connectivity index (χ3v) is 5.05. The molecule has 1 heterocycles. The van der Waals surface area contributed by atoms with Crippen molar-refractivity contribution < 1.29 is 4.39 Å². The summed E-state index contributed by atoms with van der Waals surface area (Å²) in [6.07, 6.45) is 4.96. The summed E-state index contributed by atoms with van der Waals surface area (Å²) in [6, 6.07) is 6.26. The molecular formula is C16H22BrFN2. The second kappa shape index (κ2) is 6.12. The second-order valence-electron chi connectivity index (χ2n) is 6.04. The van der Waals surface area contributed by atoms with E-state index in [-0.39, 0.29) is 11.9 Å². The highest BCUT2D eigenvalue weighted by molar-refractivity contribution is 9.10. The third kappa shape index (κ3) is 2.92. The molecule has 0 radical (unpaired) electrons. The van der Waals surface area contributed by atoms with Gasteiger partial charge in [0.15, 0.2) is 0 Å². The number of nitrogens with zero attached hydrogens (tertiary/aromatic N) is 1. The van der Waals surface area contributed by atoms with Gasteiger partial charge in [-0.3, -0.25) is 4.90 Å². The van der Waals surface area contributed by atoms with E-state index < -0.39 is 0 Å². The number of hydrogen-bond donors (Lipinski definition) is 1. The molecule has 2 atom stereocenters. The highest BCUT2D eigenvalue weighted by Gasteiger charge is 2.41. The summed E-state index contributed by atoms with van der Waals surface area (Å²) in [5.41, 5.74) is 0.867. The first-order chi connectivity index (χ1) is 9.70. The Morgan fingerprint density at radius 3 is 2.85 bits per heavy atom. The Hall–Kier alpha value is -0.450. The van der Waals surface area contributed by atoms with E-state index in [0.717, 1.165) is 23.1 Å². The van der Waals surface area contributed by atoms with Crippen LogP contribution < -0.4 is 5.32 Å². The maximum atomic E-state index is 14.4. The molecule has 1 aromatic carbocycles. The molecule has 1 saturated heterocycles. The molecule has 2 unspecified atom stereocenters. The van der Waals surface area contributed by atoms with Crippen LogP contribution in [0.2, 0.25) is 0 Å². The van der Waals surface area contributed by atoms with E-state index in [2.05, 4.69) is 26.1 Å². The van der Waals surface area contributed by atoms with Gasteiger partial charge in [0.25, 0.3) is 0 Å². The van der Waals surface area contributed by atoms with Crippen molar-refractivity contribution in [1.29, 1.82) is 0 Å². The van der Waals surface area contributed by atoms with E-state index >= 15 is 0 Å². The summed E-state index contributed by atoms with van der Waals surface area (Å²) in [6.45, 7) is 2.07. The lowest BCUT2D eigenvalue weighted by Crippen LogP contribution is -2.43. The standard InChI is InChI=1S/C16H22BrFN2/c1-19-10-11-3-2-8-20(13-5-6-13)16(11)14-9-12(17)4-7-15(14)18/h4,7,9,11,13,16,19H,2-3,5-6,8,10H2,1H3. The van der Waals surface area contributed by atoms with Crippen molar-refractivity contribution in [3.8, 4) is 0 Å². The molecule has 0 spiro atoms. The van der Waals surface area contributed by atoms with Crippen LogP contribution in [0.15, 0.2) is 22.7 Å². The fraction of sp³-hybridized carbons (Fsp3) is 0.625. The molecule has 1 aliphatic carbocycles. The van der Waals surface area contributed by atoms with Crippen molar-refractivity contribution in [2.45, 2.75) is 37.8 Å². The van der Waals surface area contributed by atoms with Crippen molar-refractivity contribution in [2.75, 3.05) is 20.1 Å². The van der Waals surface area contributed by atoms with Gasteiger partial charge < -0.3 is 5.32 Å². The zero-order chi connectivity index (χ0) is 14.1. The maximum absolute atomic E-state index is 14.4. The number of halogens is 2.